The van der Waals surface area contributed by atoms with Crippen molar-refractivity contribution in [3.8, 4) is 5.75 Å². The summed E-state index contributed by atoms with van der Waals surface area (Å²) in [6, 6.07) is 5.45. The number of hydrogen-bond donors (Lipinski definition) is 4. The Labute approximate surface area is 322 Å². The monoisotopic (exact) mass is 779 g/mol. The number of hydrogen-bond acceptors (Lipinski definition) is 10. The zero-order chi connectivity index (χ0) is 39.4. The molecule has 55 heavy (non-hydrogen) atoms. The van der Waals surface area contributed by atoms with Gasteiger partial charge in [-0.05, 0) is 91.5 Å². The molecule has 4 amide bonds. The fourth-order valence-electron chi connectivity index (χ4n) is 8.48. The number of carbonyl (C=O) groups excluding carboxylic acids is 4. The van der Waals surface area contributed by atoms with E-state index in [0.717, 1.165) is 29.3 Å². The fraction of sp³-hybridized carbons (Fsp3) is 0.625. The number of amides is 4. The number of carbonyl (C=O) groups is 4. The number of aryl methyl sites for hydroxylation is 1. The third-order valence-electron chi connectivity index (χ3n) is 12.1. The summed E-state index contributed by atoms with van der Waals surface area (Å²) < 4.78 is 40.2. The van der Waals surface area contributed by atoms with E-state index < -0.39 is 73.3 Å². The third kappa shape index (κ3) is 7.53. The lowest BCUT2D eigenvalue weighted by atomic mass is 9.65. The molecule has 4 N–H and O–H groups in total. The number of rotatable bonds is 5. The Balaban J connectivity index is 1.26. The van der Waals surface area contributed by atoms with E-state index in [-0.39, 0.29) is 26.0 Å². The first kappa shape index (κ1) is 39.0. The molecular formula is C40H53N5O9S. The molecule has 298 valence electrons. The second kappa shape index (κ2) is 14.4. The van der Waals surface area contributed by atoms with Crippen LogP contribution < -0.4 is 20.1 Å². The van der Waals surface area contributed by atoms with Gasteiger partial charge in [-0.2, -0.15) is 0 Å². The minimum atomic E-state index is -4.02. The Morgan fingerprint density at radius 3 is 2.55 bits per heavy atom. The Kier molecular flexibility index (Phi) is 10.2. The van der Waals surface area contributed by atoms with Crippen LogP contribution in [0.1, 0.15) is 110 Å². The first-order valence-electron chi connectivity index (χ1n) is 19.5. The summed E-state index contributed by atoms with van der Waals surface area (Å²) in [6.07, 6.45) is 8.91. The maximum absolute atomic E-state index is 14.8. The number of sulfonamides is 1. The molecule has 2 saturated carbocycles. The fourth-order valence-corrected chi connectivity index (χ4v) is 9.79. The average Bonchev–Trinajstić information content (AvgIpc) is 3.78. The first-order chi connectivity index (χ1) is 26.0. The lowest BCUT2D eigenvalue weighted by Crippen LogP contribution is -2.70. The van der Waals surface area contributed by atoms with Crippen molar-refractivity contribution in [2.75, 3.05) is 6.54 Å². The van der Waals surface area contributed by atoms with Crippen molar-refractivity contribution in [3.63, 3.8) is 0 Å². The molecule has 5 aliphatic rings. The van der Waals surface area contributed by atoms with E-state index in [0.29, 0.717) is 62.8 Å². The van der Waals surface area contributed by atoms with E-state index >= 15 is 0 Å². The Hall–Kier alpha value is -4.24. The molecule has 0 radical (unpaired) electrons. The summed E-state index contributed by atoms with van der Waals surface area (Å²) in [7, 11) is -4.02. The highest BCUT2D eigenvalue weighted by Gasteiger charge is 2.59. The Morgan fingerprint density at radius 1 is 1.09 bits per heavy atom. The van der Waals surface area contributed by atoms with Crippen LogP contribution in [0, 0.1) is 5.92 Å². The number of fused-ring (bicyclic) bond motifs is 5. The topological polar surface area (TPSA) is 193 Å². The van der Waals surface area contributed by atoms with Gasteiger partial charge in [-0.1, -0.05) is 43.2 Å². The number of benzene rings is 1. The number of para-hydroxylation sites is 1. The number of ether oxygens (including phenoxy) is 2. The number of pyridine rings is 1. The SMILES string of the molecule is CC(C)(C)OC(=O)NC1CCCCC/C=C\[C@@H]2CC[C@@]2(C(=O)NS(=O)(=O)C2(C)CC2)NC(=O)[C@@H]2C[C@]3(CCc4c(c(CO)nc5ccccc45)O3)CN2C1=O. The van der Waals surface area contributed by atoms with Gasteiger partial charge in [0.1, 0.15) is 40.3 Å². The number of aliphatic hydroxyl groups is 1. The molecule has 1 spiro atoms. The van der Waals surface area contributed by atoms with Crippen LogP contribution in [0.3, 0.4) is 0 Å². The Morgan fingerprint density at radius 2 is 1.85 bits per heavy atom. The van der Waals surface area contributed by atoms with Crippen molar-refractivity contribution in [3.05, 3.63) is 47.7 Å². The van der Waals surface area contributed by atoms with Gasteiger partial charge in [-0.25, -0.2) is 18.2 Å². The maximum Gasteiger partial charge on any atom is 0.408 e. The summed E-state index contributed by atoms with van der Waals surface area (Å²) >= 11 is 0. The maximum atomic E-state index is 14.8. The number of alkyl carbamates (subject to hydrolysis) is 1. The highest BCUT2D eigenvalue weighted by atomic mass is 32.2. The van der Waals surface area contributed by atoms with Crippen molar-refractivity contribution in [1.82, 2.24) is 25.2 Å². The van der Waals surface area contributed by atoms with E-state index in [1.165, 1.54) is 4.90 Å². The number of aromatic nitrogens is 1. The van der Waals surface area contributed by atoms with E-state index in [4.69, 9.17) is 9.47 Å². The molecule has 15 heteroatoms. The van der Waals surface area contributed by atoms with Crippen LogP contribution in [0.5, 0.6) is 5.75 Å². The van der Waals surface area contributed by atoms with Crippen molar-refractivity contribution in [2.45, 2.75) is 145 Å². The van der Waals surface area contributed by atoms with Crippen molar-refractivity contribution < 1.29 is 42.2 Å². The second-order valence-electron chi connectivity index (χ2n) is 17.3. The molecule has 5 atom stereocenters. The van der Waals surface area contributed by atoms with Crippen LogP contribution >= 0.6 is 0 Å². The summed E-state index contributed by atoms with van der Waals surface area (Å²) in [5.74, 6) is -1.94. The highest BCUT2D eigenvalue weighted by molar-refractivity contribution is 7.91. The van der Waals surface area contributed by atoms with E-state index in [9.17, 15) is 32.7 Å². The van der Waals surface area contributed by atoms with Gasteiger partial charge < -0.3 is 30.1 Å². The minimum Gasteiger partial charge on any atom is -0.483 e. The van der Waals surface area contributed by atoms with E-state index in [1.807, 2.05) is 36.4 Å². The largest absolute Gasteiger partial charge is 0.483 e. The molecule has 4 heterocycles. The molecule has 2 aromatic rings. The number of allylic oxidation sites excluding steroid dienone is 1. The zero-order valence-corrected chi connectivity index (χ0v) is 32.9. The molecule has 0 bridgehead atoms. The third-order valence-corrected chi connectivity index (χ3v) is 14.3. The van der Waals surface area contributed by atoms with Crippen molar-refractivity contribution >= 4 is 44.7 Å². The van der Waals surface area contributed by atoms with Crippen LogP contribution in [0.2, 0.25) is 0 Å². The van der Waals surface area contributed by atoms with Gasteiger partial charge in [0.15, 0.2) is 0 Å². The molecule has 2 aliphatic carbocycles. The normalized spacial score (nSPS) is 29.9. The smallest absolute Gasteiger partial charge is 0.408 e. The second-order valence-corrected chi connectivity index (χ2v) is 19.5. The van der Waals surface area contributed by atoms with Crippen molar-refractivity contribution in [1.29, 1.82) is 0 Å². The predicted molar refractivity (Wildman–Crippen MR) is 203 cm³/mol. The highest BCUT2D eigenvalue weighted by Crippen LogP contribution is 2.47. The first-order valence-corrected chi connectivity index (χ1v) is 21.0. The number of aliphatic hydroxyl groups excluding tert-OH is 1. The average molecular weight is 780 g/mol. The minimum absolute atomic E-state index is 0.0111. The molecule has 14 nitrogen and oxygen atoms in total. The number of nitrogens with one attached hydrogen (secondary N) is 3. The molecule has 1 saturated heterocycles. The van der Waals surface area contributed by atoms with E-state index in [1.54, 1.807) is 27.7 Å². The molecule has 3 fully saturated rings. The summed E-state index contributed by atoms with van der Waals surface area (Å²) in [6.45, 7) is 6.40. The van der Waals surface area contributed by atoms with Gasteiger partial charge >= 0.3 is 6.09 Å². The van der Waals surface area contributed by atoms with Gasteiger partial charge in [0.25, 0.3) is 5.91 Å². The van der Waals surface area contributed by atoms with Gasteiger partial charge in [-0.3, -0.25) is 19.1 Å². The van der Waals surface area contributed by atoms with Crippen LogP contribution in [-0.4, -0.2) is 87.3 Å². The zero-order valence-electron chi connectivity index (χ0n) is 32.1. The van der Waals surface area contributed by atoms with E-state index in [2.05, 4.69) is 20.3 Å². The van der Waals surface area contributed by atoms with Gasteiger partial charge in [-0.15, -0.1) is 0 Å². The van der Waals surface area contributed by atoms with Crippen LogP contribution in [-0.2, 0) is 42.2 Å². The lowest BCUT2D eigenvalue weighted by molar-refractivity contribution is -0.144. The number of nitrogens with zero attached hydrogens (tertiary/aromatic N) is 2. The van der Waals surface area contributed by atoms with Crippen LogP contribution in [0.4, 0.5) is 4.79 Å². The quantitative estimate of drug-likeness (QED) is 0.322. The van der Waals surface area contributed by atoms with Gasteiger partial charge in [0.05, 0.1) is 23.4 Å². The molecule has 7 rings (SSSR count). The van der Waals surface area contributed by atoms with Crippen LogP contribution in [0.15, 0.2) is 36.4 Å². The van der Waals surface area contributed by atoms with Crippen molar-refractivity contribution in [2.24, 2.45) is 5.92 Å². The standard InChI is InChI=1S/C40H53N5O9S/c1-37(2,3)54-36(50)42-29-15-9-7-5-6-8-12-25-16-19-40(25,35(49)44-55(51,52)38(4)20-21-38)43-33(47)31-22-39(24-45(31)34(29)48)18-17-27-26-13-10-11-14-28(26)41-30(23-46)32(27)53-39/h8,10-14,25,29,31,46H,5-7,9,15-24H2,1-4H3,(H,42,50)(H,43,47)(H,44,49)/b12-8-/t25-,29?,31+,39-,40-/m1/s1. The predicted octanol–water partition coefficient (Wildman–Crippen LogP) is 4.07. The molecule has 1 aromatic carbocycles. The van der Waals surface area contributed by atoms with Gasteiger partial charge in [0.2, 0.25) is 21.8 Å². The Bertz CT molecular complexity index is 2030. The lowest BCUT2D eigenvalue weighted by Gasteiger charge is -2.48. The molecule has 3 aliphatic heterocycles. The van der Waals surface area contributed by atoms with Gasteiger partial charge in [0, 0.05) is 23.3 Å². The summed E-state index contributed by atoms with van der Waals surface area (Å²) in [5, 5.41) is 17.0. The molecular weight excluding hydrogens is 727 g/mol. The summed E-state index contributed by atoms with van der Waals surface area (Å²) in [5.41, 5.74) is -1.49. The van der Waals surface area contributed by atoms with Crippen LogP contribution in [0.25, 0.3) is 10.9 Å². The molecule has 1 unspecified atom stereocenters. The summed E-state index contributed by atoms with van der Waals surface area (Å²) in [4.78, 5) is 62.9. The molecule has 1 aromatic heterocycles.